The Morgan fingerprint density at radius 1 is 1.00 bits per heavy atom. The minimum absolute atomic E-state index is 0.140. The van der Waals surface area contributed by atoms with Crippen LogP contribution in [-0.2, 0) is 16.1 Å². The molecule has 0 saturated carbocycles. The van der Waals surface area contributed by atoms with Crippen molar-refractivity contribution in [1.29, 1.82) is 0 Å². The van der Waals surface area contributed by atoms with Gasteiger partial charge in [-0.25, -0.2) is 9.48 Å². The minimum atomic E-state index is -0.421. The third-order valence-corrected chi connectivity index (χ3v) is 3.60. The number of carbonyl (C=O) groups is 1. The summed E-state index contributed by atoms with van der Waals surface area (Å²) >= 11 is 0. The second kappa shape index (κ2) is 8.71. The van der Waals surface area contributed by atoms with Crippen molar-refractivity contribution in [3.8, 4) is 17.2 Å². The van der Waals surface area contributed by atoms with Crippen LogP contribution in [0.4, 0.5) is 0 Å². The SMILES string of the molecule is CCOc1ccc(OCC(=O)OCc2ccc(-n3cccn3)cc2)cc1. The van der Waals surface area contributed by atoms with Crippen LogP contribution in [0.25, 0.3) is 5.69 Å². The highest BCUT2D eigenvalue weighted by Gasteiger charge is 2.06. The van der Waals surface area contributed by atoms with E-state index in [-0.39, 0.29) is 13.2 Å². The van der Waals surface area contributed by atoms with Gasteiger partial charge in [0.2, 0.25) is 0 Å². The Hall–Kier alpha value is -3.28. The van der Waals surface area contributed by atoms with E-state index >= 15 is 0 Å². The molecule has 0 aliphatic rings. The highest BCUT2D eigenvalue weighted by molar-refractivity contribution is 5.71. The zero-order chi connectivity index (χ0) is 18.2. The van der Waals surface area contributed by atoms with E-state index in [4.69, 9.17) is 14.2 Å². The molecule has 0 radical (unpaired) electrons. The Kier molecular flexibility index (Phi) is 5.88. The number of nitrogens with zero attached hydrogens (tertiary/aromatic N) is 2. The van der Waals surface area contributed by atoms with E-state index in [0.29, 0.717) is 12.4 Å². The first-order valence-electron chi connectivity index (χ1n) is 8.35. The molecule has 0 unspecified atom stereocenters. The number of aromatic nitrogens is 2. The molecule has 0 aliphatic carbocycles. The van der Waals surface area contributed by atoms with Crippen molar-refractivity contribution in [3.05, 3.63) is 72.6 Å². The van der Waals surface area contributed by atoms with E-state index in [1.165, 1.54) is 0 Å². The number of carbonyl (C=O) groups excluding carboxylic acids is 1. The molecule has 134 valence electrons. The molecular formula is C20H20N2O4. The molecule has 0 aliphatic heterocycles. The number of ether oxygens (including phenoxy) is 3. The molecule has 0 amide bonds. The molecule has 0 spiro atoms. The van der Waals surface area contributed by atoms with Gasteiger partial charge < -0.3 is 14.2 Å². The Morgan fingerprint density at radius 3 is 2.31 bits per heavy atom. The van der Waals surface area contributed by atoms with Crippen LogP contribution >= 0.6 is 0 Å². The number of hydrogen-bond acceptors (Lipinski definition) is 5. The zero-order valence-corrected chi connectivity index (χ0v) is 14.5. The lowest BCUT2D eigenvalue weighted by Crippen LogP contribution is -2.14. The maximum Gasteiger partial charge on any atom is 0.344 e. The largest absolute Gasteiger partial charge is 0.494 e. The van der Waals surface area contributed by atoms with Crippen LogP contribution in [0.1, 0.15) is 12.5 Å². The van der Waals surface area contributed by atoms with Crippen LogP contribution < -0.4 is 9.47 Å². The van der Waals surface area contributed by atoms with Crippen molar-refractivity contribution < 1.29 is 19.0 Å². The molecule has 0 fully saturated rings. The second-order valence-electron chi connectivity index (χ2n) is 5.47. The van der Waals surface area contributed by atoms with Gasteiger partial charge in [0.05, 0.1) is 12.3 Å². The van der Waals surface area contributed by atoms with E-state index in [1.807, 2.05) is 43.5 Å². The van der Waals surface area contributed by atoms with Crippen molar-refractivity contribution in [2.45, 2.75) is 13.5 Å². The fourth-order valence-electron chi connectivity index (χ4n) is 2.31. The van der Waals surface area contributed by atoms with Crippen LogP contribution in [0.3, 0.4) is 0 Å². The lowest BCUT2D eigenvalue weighted by atomic mass is 10.2. The highest BCUT2D eigenvalue weighted by Crippen LogP contribution is 2.17. The average Bonchev–Trinajstić information content (AvgIpc) is 3.21. The molecule has 6 nitrogen and oxygen atoms in total. The molecular weight excluding hydrogens is 332 g/mol. The summed E-state index contributed by atoms with van der Waals surface area (Å²) < 4.78 is 17.8. The molecule has 26 heavy (non-hydrogen) atoms. The molecule has 0 atom stereocenters. The Bertz CT molecular complexity index is 812. The van der Waals surface area contributed by atoms with Gasteiger partial charge in [-0.05, 0) is 55.0 Å². The summed E-state index contributed by atoms with van der Waals surface area (Å²) in [6.07, 6.45) is 3.59. The van der Waals surface area contributed by atoms with Crippen molar-refractivity contribution >= 4 is 5.97 Å². The first-order chi connectivity index (χ1) is 12.7. The minimum Gasteiger partial charge on any atom is -0.494 e. The Balaban J connectivity index is 1.43. The maximum atomic E-state index is 11.8. The molecule has 0 N–H and O–H groups in total. The number of rotatable bonds is 8. The van der Waals surface area contributed by atoms with Gasteiger partial charge >= 0.3 is 5.97 Å². The van der Waals surface area contributed by atoms with E-state index in [2.05, 4.69) is 5.10 Å². The fourth-order valence-corrected chi connectivity index (χ4v) is 2.31. The predicted molar refractivity (Wildman–Crippen MR) is 96.5 cm³/mol. The number of esters is 1. The normalized spacial score (nSPS) is 10.3. The molecule has 1 heterocycles. The van der Waals surface area contributed by atoms with E-state index in [1.54, 1.807) is 35.1 Å². The van der Waals surface area contributed by atoms with E-state index in [0.717, 1.165) is 17.0 Å². The highest BCUT2D eigenvalue weighted by atomic mass is 16.6. The monoisotopic (exact) mass is 352 g/mol. The van der Waals surface area contributed by atoms with Crippen LogP contribution in [0, 0.1) is 0 Å². The molecule has 2 aromatic carbocycles. The summed E-state index contributed by atoms with van der Waals surface area (Å²) in [7, 11) is 0. The van der Waals surface area contributed by atoms with Crippen molar-refractivity contribution in [1.82, 2.24) is 9.78 Å². The van der Waals surface area contributed by atoms with Gasteiger partial charge in [0, 0.05) is 12.4 Å². The predicted octanol–water partition coefficient (Wildman–Crippen LogP) is 3.39. The van der Waals surface area contributed by atoms with Crippen LogP contribution in [0.5, 0.6) is 11.5 Å². The molecule has 3 aromatic rings. The smallest absolute Gasteiger partial charge is 0.344 e. The Labute approximate surface area is 151 Å². The fraction of sp³-hybridized carbons (Fsp3) is 0.200. The van der Waals surface area contributed by atoms with Gasteiger partial charge in [0.1, 0.15) is 18.1 Å². The quantitative estimate of drug-likeness (QED) is 0.582. The summed E-state index contributed by atoms with van der Waals surface area (Å²) in [5.74, 6) is 0.935. The summed E-state index contributed by atoms with van der Waals surface area (Å²) in [6, 6.07) is 16.6. The second-order valence-corrected chi connectivity index (χ2v) is 5.47. The van der Waals surface area contributed by atoms with Crippen molar-refractivity contribution in [2.24, 2.45) is 0 Å². The first kappa shape index (κ1) is 17.5. The lowest BCUT2D eigenvalue weighted by Gasteiger charge is -2.09. The average molecular weight is 352 g/mol. The van der Waals surface area contributed by atoms with Crippen molar-refractivity contribution in [2.75, 3.05) is 13.2 Å². The van der Waals surface area contributed by atoms with Gasteiger partial charge in [-0.15, -0.1) is 0 Å². The maximum absolute atomic E-state index is 11.8. The van der Waals surface area contributed by atoms with E-state index in [9.17, 15) is 4.79 Å². The summed E-state index contributed by atoms with van der Waals surface area (Å²) in [5.41, 5.74) is 1.85. The molecule has 3 rings (SSSR count). The molecule has 6 heteroatoms. The van der Waals surface area contributed by atoms with Crippen LogP contribution in [0.2, 0.25) is 0 Å². The van der Waals surface area contributed by atoms with Gasteiger partial charge in [0.15, 0.2) is 6.61 Å². The van der Waals surface area contributed by atoms with Crippen LogP contribution in [0.15, 0.2) is 67.0 Å². The summed E-state index contributed by atoms with van der Waals surface area (Å²) in [5, 5.41) is 4.17. The third-order valence-electron chi connectivity index (χ3n) is 3.60. The zero-order valence-electron chi connectivity index (χ0n) is 14.5. The summed E-state index contributed by atoms with van der Waals surface area (Å²) in [6.45, 7) is 2.59. The summed E-state index contributed by atoms with van der Waals surface area (Å²) in [4.78, 5) is 11.8. The van der Waals surface area contributed by atoms with Crippen molar-refractivity contribution in [3.63, 3.8) is 0 Å². The van der Waals surface area contributed by atoms with Gasteiger partial charge in [-0.3, -0.25) is 0 Å². The standard InChI is InChI=1S/C20H20N2O4/c1-2-24-18-8-10-19(11-9-18)25-15-20(23)26-14-16-4-6-17(7-5-16)22-13-3-12-21-22/h3-13H,2,14-15H2,1H3. The van der Waals surface area contributed by atoms with E-state index < -0.39 is 5.97 Å². The molecule has 0 bridgehead atoms. The van der Waals surface area contributed by atoms with Gasteiger partial charge in [0.25, 0.3) is 0 Å². The molecule has 0 saturated heterocycles. The first-order valence-corrected chi connectivity index (χ1v) is 8.35. The van der Waals surface area contributed by atoms with Gasteiger partial charge in [-0.1, -0.05) is 12.1 Å². The van der Waals surface area contributed by atoms with Crippen LogP contribution in [-0.4, -0.2) is 29.0 Å². The number of hydrogen-bond donors (Lipinski definition) is 0. The Morgan fingerprint density at radius 2 is 1.69 bits per heavy atom. The molecule has 1 aromatic heterocycles. The lowest BCUT2D eigenvalue weighted by molar-refractivity contribution is -0.147. The number of benzene rings is 2. The van der Waals surface area contributed by atoms with Gasteiger partial charge in [-0.2, -0.15) is 5.10 Å². The third kappa shape index (κ3) is 4.86. The topological polar surface area (TPSA) is 62.6 Å².